The van der Waals surface area contributed by atoms with E-state index < -0.39 is 48.4 Å². The fourth-order valence-corrected chi connectivity index (χ4v) is 7.99. The minimum atomic E-state index is -3.65. The van der Waals surface area contributed by atoms with Crippen molar-refractivity contribution in [2.45, 2.75) is 62.6 Å². The molecule has 1 saturated carbocycles. The molecule has 0 bridgehead atoms. The largest absolute Gasteiger partial charge is 0.462 e. The van der Waals surface area contributed by atoms with Gasteiger partial charge < -0.3 is 30.2 Å². The molecule has 5 N–H and O–H groups in total. The molecule has 2 fully saturated rings. The van der Waals surface area contributed by atoms with Crippen molar-refractivity contribution >= 4 is 58.9 Å². The zero-order valence-electron chi connectivity index (χ0n) is 22.5. The van der Waals surface area contributed by atoms with Crippen LogP contribution in [-0.4, -0.2) is 79.1 Å². The summed E-state index contributed by atoms with van der Waals surface area (Å²) in [6, 6.07) is 7.56. The van der Waals surface area contributed by atoms with Gasteiger partial charge in [0.05, 0.1) is 18.3 Å². The van der Waals surface area contributed by atoms with Crippen molar-refractivity contribution in [3.05, 3.63) is 36.7 Å². The van der Waals surface area contributed by atoms with E-state index >= 15 is 4.39 Å². The number of aliphatic hydroxyl groups is 1. The molecule has 1 aliphatic heterocycles. The zero-order chi connectivity index (χ0) is 29.7. The Hall–Kier alpha value is -2.65. The fourth-order valence-electron chi connectivity index (χ4n) is 4.83. The van der Waals surface area contributed by atoms with Gasteiger partial charge in [0.25, 0.3) is 0 Å². The van der Waals surface area contributed by atoms with Crippen LogP contribution in [0.3, 0.4) is 0 Å². The Morgan fingerprint density at radius 1 is 1.34 bits per heavy atom. The first kappa shape index (κ1) is 29.8. The molecule has 7 atom stereocenters. The van der Waals surface area contributed by atoms with E-state index in [4.69, 9.17) is 47.7 Å². The van der Waals surface area contributed by atoms with E-state index in [1.54, 1.807) is 51.2 Å². The minimum absolute atomic E-state index is 0.0657. The predicted octanol–water partition coefficient (Wildman–Crippen LogP) is 2.66. The third kappa shape index (κ3) is 5.03. The first-order valence-electron chi connectivity index (χ1n) is 12.7. The average Bonchev–Trinajstić information content (AvgIpc) is 3.16. The molecule has 1 unspecified atom stereocenters. The smallest absolute Gasteiger partial charge is 0.323 e. The van der Waals surface area contributed by atoms with Gasteiger partial charge in [-0.3, -0.25) is 13.9 Å². The van der Waals surface area contributed by atoms with Gasteiger partial charge in [0.15, 0.2) is 35.0 Å². The first-order chi connectivity index (χ1) is 19.4. The fraction of sp³-hybridized carbons (Fsp3) is 0.500. The molecule has 13 nitrogen and oxygen atoms in total. The van der Waals surface area contributed by atoms with E-state index in [1.165, 1.54) is 17.8 Å². The molecule has 1 aliphatic carbocycles. The van der Waals surface area contributed by atoms with Crippen molar-refractivity contribution in [2.24, 2.45) is 0 Å². The van der Waals surface area contributed by atoms with Gasteiger partial charge in [-0.25, -0.2) is 14.5 Å². The number of benzene rings is 1. The summed E-state index contributed by atoms with van der Waals surface area (Å²) in [6.45, 7) is 1.30. The molecule has 3 heterocycles. The van der Waals surface area contributed by atoms with Gasteiger partial charge >= 0.3 is 12.6 Å². The van der Waals surface area contributed by atoms with Crippen molar-refractivity contribution in [1.82, 2.24) is 24.6 Å². The van der Waals surface area contributed by atoms with Gasteiger partial charge in [0.2, 0.25) is 5.95 Å². The van der Waals surface area contributed by atoms with Crippen LogP contribution in [-0.2, 0) is 30.6 Å². The Labute approximate surface area is 245 Å². The second-order valence-corrected chi connectivity index (χ2v) is 13.3. The number of anilines is 2. The normalized spacial score (nSPS) is 29.1. The number of imidazole rings is 1. The quantitative estimate of drug-likeness (QED) is 0.139. The average molecular weight is 630 g/mol. The van der Waals surface area contributed by atoms with E-state index in [0.29, 0.717) is 17.1 Å². The van der Waals surface area contributed by atoms with Crippen LogP contribution in [0.2, 0.25) is 0 Å². The van der Waals surface area contributed by atoms with Gasteiger partial charge in [-0.1, -0.05) is 18.2 Å². The number of alkyl halides is 2. The van der Waals surface area contributed by atoms with E-state index in [0.717, 1.165) is 0 Å². The van der Waals surface area contributed by atoms with Gasteiger partial charge in [-0.15, -0.1) is 11.6 Å². The number of nitrogens with two attached hydrogens (primary N) is 1. The number of halogens is 2. The van der Waals surface area contributed by atoms with E-state index in [-0.39, 0.29) is 23.6 Å². The Balaban J connectivity index is 1.44. The molecule has 1 aromatic carbocycles. The highest BCUT2D eigenvalue weighted by atomic mass is 35.5. The summed E-state index contributed by atoms with van der Waals surface area (Å²) in [4.78, 5) is 25.1. The Bertz CT molecular complexity index is 1500. The second-order valence-electron chi connectivity index (χ2n) is 9.99. The van der Waals surface area contributed by atoms with Crippen LogP contribution in [0.4, 0.5) is 16.2 Å². The first-order valence-corrected chi connectivity index (χ1v) is 15.9. The van der Waals surface area contributed by atoms with Crippen LogP contribution in [0.15, 0.2) is 36.7 Å². The Kier molecular flexibility index (Phi) is 7.92. The zero-order valence-corrected chi connectivity index (χ0v) is 25.0. The highest BCUT2D eigenvalue weighted by Gasteiger charge is 2.89. The van der Waals surface area contributed by atoms with Gasteiger partial charge in [0.1, 0.15) is 23.5 Å². The lowest BCUT2D eigenvalue weighted by atomic mass is 10.1. The summed E-state index contributed by atoms with van der Waals surface area (Å²) >= 11 is 12.0. The summed E-state index contributed by atoms with van der Waals surface area (Å²) in [6.07, 6.45) is -3.82. The number of nitrogens with zero attached hydrogens (tertiary/aromatic N) is 4. The Morgan fingerprint density at radius 3 is 2.66 bits per heavy atom. The van der Waals surface area contributed by atoms with Gasteiger partial charge in [-0.05, 0) is 44.7 Å². The minimum Gasteiger partial charge on any atom is -0.462 e. The number of fused-ring (bicyclic) bond motifs is 2. The molecule has 17 heteroatoms. The Morgan fingerprint density at radius 2 is 2.05 bits per heavy atom. The number of rotatable bonds is 11. The van der Waals surface area contributed by atoms with E-state index in [9.17, 15) is 9.90 Å². The molecular weight excluding hydrogens is 600 g/mol. The third-order valence-corrected chi connectivity index (χ3v) is 9.68. The number of carbonyl (C=O) groups excluding carboxylic acids is 1. The van der Waals surface area contributed by atoms with Crippen molar-refractivity contribution in [2.75, 3.05) is 24.0 Å². The number of nitrogens with one attached hydrogen (secondary N) is 2. The monoisotopic (exact) mass is 629 g/mol. The van der Waals surface area contributed by atoms with Gasteiger partial charge in [-0.2, -0.15) is 9.97 Å². The van der Waals surface area contributed by atoms with Crippen LogP contribution >= 0.6 is 18.2 Å². The third-order valence-electron chi connectivity index (χ3n) is 6.84. The molecule has 0 radical (unpaired) electrons. The molecule has 41 heavy (non-hydrogen) atoms. The predicted molar refractivity (Wildman–Crippen MR) is 153 cm³/mol. The lowest BCUT2D eigenvalue weighted by Crippen LogP contribution is -2.38. The number of carbonyl (C=O) groups is 1. The molecule has 1 saturated heterocycles. The van der Waals surface area contributed by atoms with Crippen LogP contribution < -0.4 is 20.7 Å². The summed E-state index contributed by atoms with van der Waals surface area (Å²) < 4.78 is 41.0. The maximum Gasteiger partial charge on any atom is 0.323 e. The number of aromatic nitrogens is 4. The number of nitrogen functional groups attached to an aromatic ring is 1. The number of hydrogen-bond acceptors (Lipinski definition) is 12. The lowest BCUT2D eigenvalue weighted by Gasteiger charge is -2.29. The standard InChI is InChI=1S/C24H30ClFN7O6PS/c1-12(2)36-20(34)13(3)32-40(41,38-14-8-6-5-7-9-14)39-21-23(10-25)24(21,35)16(26)19(37-23)33-11-29-15-17(28-4)30-22(27)31-18(15)33/h5-9,11-13,16,19,21,35H,10H2,1-4H3,(H,32,41)(H3,27,28,30,31)/t13-,16-,19+,21?,23+,24+,40+/m0/s1. The second kappa shape index (κ2) is 10.9. The van der Waals surface area contributed by atoms with Crippen LogP contribution in [0.1, 0.15) is 27.0 Å². The van der Waals surface area contributed by atoms with Crippen LogP contribution in [0, 0.1) is 0 Å². The lowest BCUT2D eigenvalue weighted by molar-refractivity contribution is -0.149. The maximum atomic E-state index is 16.2. The number of esters is 1. The SMILES string of the molecule is CNc1nc(N)nc2c1ncn2[C@@H]1O[C@]2(CCl)C(O[P@@](=S)(N[C@@H](C)C(=O)OC(C)C)Oc3ccccc3)[C@]2(O)[C@H]1F. The number of hydrogen-bond donors (Lipinski definition) is 4. The topological polar surface area (TPSA) is 168 Å². The van der Waals surface area contributed by atoms with Crippen LogP contribution in [0.25, 0.3) is 11.2 Å². The maximum absolute atomic E-state index is 16.2. The molecule has 0 amide bonds. The molecular formula is C24H30ClFN7O6PS. The summed E-state index contributed by atoms with van der Waals surface area (Å²) in [5.41, 5.74) is 2.43. The summed E-state index contributed by atoms with van der Waals surface area (Å²) in [7, 11) is 1.63. The molecule has 3 aromatic rings. The molecule has 5 rings (SSSR count). The molecule has 2 aliphatic rings. The van der Waals surface area contributed by atoms with Crippen molar-refractivity contribution in [3.8, 4) is 5.75 Å². The molecule has 0 spiro atoms. The van der Waals surface area contributed by atoms with Crippen molar-refractivity contribution in [1.29, 1.82) is 0 Å². The van der Waals surface area contributed by atoms with E-state index in [2.05, 4.69) is 25.4 Å². The van der Waals surface area contributed by atoms with Crippen molar-refractivity contribution in [3.63, 3.8) is 0 Å². The summed E-state index contributed by atoms with van der Waals surface area (Å²) in [5, 5.41) is 17.4. The number of para-hydroxylation sites is 1. The summed E-state index contributed by atoms with van der Waals surface area (Å²) in [5.74, 6) is -0.327. The highest BCUT2D eigenvalue weighted by Crippen LogP contribution is 2.69. The molecule has 2 aromatic heterocycles. The molecule has 222 valence electrons. The van der Waals surface area contributed by atoms with Gasteiger partial charge in [0, 0.05) is 7.05 Å². The van der Waals surface area contributed by atoms with Crippen molar-refractivity contribution < 1.29 is 32.8 Å². The van der Waals surface area contributed by atoms with E-state index in [1.807, 2.05) is 0 Å². The highest BCUT2D eigenvalue weighted by molar-refractivity contribution is 8.09. The number of ether oxygens (including phenoxy) is 2. The van der Waals surface area contributed by atoms with Crippen LogP contribution in [0.5, 0.6) is 5.75 Å².